The lowest BCUT2D eigenvalue weighted by molar-refractivity contribution is 0.669. The molecular weight excluding hydrogens is 1780 g/mol. The molecule has 0 N–H and O–H groups in total. The largest absolute Gasteiger partial charge is 0.455 e. The Morgan fingerprint density at radius 2 is 0.306 bits per heavy atom. The van der Waals surface area contributed by atoms with Gasteiger partial charge in [0.05, 0.1) is 0 Å². The van der Waals surface area contributed by atoms with Gasteiger partial charge in [0.25, 0.3) is 0 Å². The van der Waals surface area contributed by atoms with Crippen LogP contribution in [0.15, 0.2) is 559 Å². The predicted molar refractivity (Wildman–Crippen MR) is 624 cm³/mol. The highest BCUT2D eigenvalue weighted by Crippen LogP contribution is 2.53. The minimum Gasteiger partial charge on any atom is -0.455 e. The number of rotatable bonds is 12. The molecule has 0 bridgehead atoms. The molecule has 27 aromatic carbocycles. The Kier molecular flexibility index (Phi) is 21.0. The quantitative estimate of drug-likeness (QED) is 0.114. The summed E-state index contributed by atoms with van der Waals surface area (Å²) >= 11 is 0. The third-order valence-corrected chi connectivity index (χ3v) is 30.2. The Bertz CT molecular complexity index is 10300. The van der Waals surface area contributed by atoms with Crippen molar-refractivity contribution in [3.8, 4) is 134 Å². The molecular formula is C144H90O3. The van der Waals surface area contributed by atoms with E-state index in [1.807, 2.05) is 30.3 Å². The number of para-hydroxylation sites is 6. The first-order valence-corrected chi connectivity index (χ1v) is 50.5. The lowest BCUT2D eigenvalue weighted by Gasteiger charge is -2.20. The zero-order valence-electron chi connectivity index (χ0n) is 80.2. The maximum Gasteiger partial charge on any atom is 0.143 e. The summed E-state index contributed by atoms with van der Waals surface area (Å²) in [5, 5.41) is 29.4. The molecule has 0 aliphatic carbocycles. The fourth-order valence-electron chi connectivity index (χ4n) is 23.3. The number of hydrogen-bond donors (Lipinski definition) is 0. The summed E-state index contributed by atoms with van der Waals surface area (Å²) < 4.78 is 19.4. The molecule has 0 aliphatic heterocycles. The van der Waals surface area contributed by atoms with Crippen LogP contribution in [0.4, 0.5) is 0 Å². The van der Waals surface area contributed by atoms with Gasteiger partial charge >= 0.3 is 0 Å². The summed E-state index contributed by atoms with van der Waals surface area (Å²) in [4.78, 5) is 0. The van der Waals surface area contributed by atoms with E-state index < -0.39 is 0 Å². The molecule has 30 aromatic rings. The van der Waals surface area contributed by atoms with Crippen molar-refractivity contribution in [2.24, 2.45) is 0 Å². The monoisotopic (exact) mass is 1870 g/mol. The summed E-state index contributed by atoms with van der Waals surface area (Å²) in [6, 6.07) is 197. The Morgan fingerprint density at radius 1 is 0.0952 bits per heavy atom. The van der Waals surface area contributed by atoms with Gasteiger partial charge in [-0.25, -0.2) is 0 Å². The van der Waals surface area contributed by atoms with E-state index in [1.165, 1.54) is 197 Å². The summed E-state index contributed by atoms with van der Waals surface area (Å²) in [5.41, 5.74) is 34.4. The molecule has 3 heterocycles. The number of furan rings is 3. The second kappa shape index (κ2) is 36.0. The highest BCUT2D eigenvalue weighted by molar-refractivity contribution is 6.26. The first-order valence-electron chi connectivity index (χ1n) is 50.5. The van der Waals surface area contributed by atoms with Crippen LogP contribution >= 0.6 is 0 Å². The van der Waals surface area contributed by atoms with E-state index in [0.717, 1.165) is 99.2 Å². The van der Waals surface area contributed by atoms with Crippen LogP contribution in [-0.4, -0.2) is 0 Å². The van der Waals surface area contributed by atoms with Crippen molar-refractivity contribution in [2.45, 2.75) is 0 Å². The fourth-order valence-corrected chi connectivity index (χ4v) is 23.3. The summed E-state index contributed by atoms with van der Waals surface area (Å²) in [6.07, 6.45) is 0. The van der Waals surface area contributed by atoms with Crippen molar-refractivity contribution in [1.29, 1.82) is 0 Å². The van der Waals surface area contributed by atoms with Gasteiger partial charge in [0.1, 0.15) is 33.5 Å². The minimum absolute atomic E-state index is 0.911. The van der Waals surface area contributed by atoms with Crippen molar-refractivity contribution < 1.29 is 13.3 Å². The third-order valence-electron chi connectivity index (χ3n) is 30.2. The molecule has 30 rings (SSSR count). The topological polar surface area (TPSA) is 39.4 Å². The maximum atomic E-state index is 6.54. The molecule has 684 valence electrons. The average molecular weight is 1870 g/mol. The van der Waals surface area contributed by atoms with Crippen molar-refractivity contribution in [3.63, 3.8) is 0 Å². The molecule has 3 heteroatoms. The molecule has 0 fully saturated rings. The van der Waals surface area contributed by atoms with Crippen LogP contribution in [0, 0.1) is 0 Å². The Hall–Kier alpha value is -19.3. The zero-order chi connectivity index (χ0) is 96.9. The van der Waals surface area contributed by atoms with Gasteiger partial charge < -0.3 is 13.3 Å². The van der Waals surface area contributed by atoms with E-state index >= 15 is 0 Å². The van der Waals surface area contributed by atoms with E-state index in [2.05, 4.69) is 516 Å². The van der Waals surface area contributed by atoms with Crippen LogP contribution in [0.3, 0.4) is 0 Å². The van der Waals surface area contributed by atoms with Crippen LogP contribution in [0.1, 0.15) is 0 Å². The van der Waals surface area contributed by atoms with Gasteiger partial charge in [-0.15, -0.1) is 0 Å². The molecule has 147 heavy (non-hydrogen) atoms. The Morgan fingerprint density at radius 3 is 0.639 bits per heavy atom. The Balaban J connectivity index is 0.000000107. The van der Waals surface area contributed by atoms with Crippen molar-refractivity contribution in [2.75, 3.05) is 0 Å². The van der Waals surface area contributed by atoms with E-state index in [1.54, 1.807) is 0 Å². The first kappa shape index (κ1) is 85.6. The molecule has 0 saturated heterocycles. The molecule has 0 aliphatic rings. The smallest absolute Gasteiger partial charge is 0.143 e. The van der Waals surface area contributed by atoms with Gasteiger partial charge in [0.15, 0.2) is 0 Å². The number of hydrogen-bond acceptors (Lipinski definition) is 3. The van der Waals surface area contributed by atoms with Gasteiger partial charge in [-0.2, -0.15) is 0 Å². The molecule has 3 aromatic heterocycles. The second-order valence-corrected chi connectivity index (χ2v) is 38.5. The Labute approximate surface area is 849 Å². The lowest BCUT2D eigenvalue weighted by Crippen LogP contribution is -1.93. The van der Waals surface area contributed by atoms with Crippen molar-refractivity contribution >= 4 is 163 Å². The molecule has 0 saturated carbocycles. The SMILES string of the molecule is c1cc(-c2c3ccccc3c(-c3ccc(-c4ccc5ccccc5c4)cc3)c3ccccc23)cc(-c2cccc3c2oc2ccccc23)c1.c1ccc(-c2cccc3c2oc2ccccc23)c(-c2c3ccccc3c(-c3ccc(-c4ccc5ccccc5c4)cc3)c3ccccc23)c1.c1ccc2cc(-c3ccc(-c4c5ccccc5c(-c5ccc(-c6cccc7c6oc6ccccc67)cc5)c5ccccc45)cc3)ccc2c1. The van der Waals surface area contributed by atoms with E-state index in [0.29, 0.717) is 0 Å². The molecule has 3 nitrogen and oxygen atoms in total. The van der Waals surface area contributed by atoms with Gasteiger partial charge in [0.2, 0.25) is 0 Å². The van der Waals surface area contributed by atoms with E-state index in [9.17, 15) is 0 Å². The lowest BCUT2D eigenvalue weighted by atomic mass is 9.83. The van der Waals surface area contributed by atoms with Crippen LogP contribution in [-0.2, 0) is 0 Å². The molecule has 0 atom stereocenters. The average Bonchev–Trinajstić information content (AvgIpc) is 1.74. The standard InChI is InChI=1S/3C48H30O/c1-2-12-34-29-35(28-25-31(34)11-1)32-23-26-33(27-24-32)46-40-16-3-5-18-42(40)47(43-19-6-4-17-41(43)46)37-14-9-13-36(30-37)38-20-10-21-44-39-15-7-8-22-45(39)49-48(38)44;1-2-11-36-30-37(29-22-31(36)10-1)32-20-25-34(26-21-32)46-40-13-3-5-15-42(40)47(43-16-6-4-14-41(43)46)35-27-23-33(24-28-35)38-17-9-18-44-39-12-7-8-19-45(39)49-48(38)44;1-2-13-34-30-35(29-26-31(34)12-1)32-24-27-33(28-25-32)46-39-17-5-7-19-41(39)47(42-20-8-6-18-40(42)46)38-16-4-3-14-36(38)43-21-11-22-44-37-15-9-10-23-45(37)49-48(43)44/h3*1-30H. The first-order chi connectivity index (χ1) is 72.9. The second-order valence-electron chi connectivity index (χ2n) is 38.5. The van der Waals surface area contributed by atoms with Crippen molar-refractivity contribution in [1.82, 2.24) is 0 Å². The summed E-state index contributed by atoms with van der Waals surface area (Å²) in [6.45, 7) is 0. The minimum atomic E-state index is 0.911. The van der Waals surface area contributed by atoms with Crippen LogP contribution in [0.25, 0.3) is 296 Å². The fraction of sp³-hybridized carbons (Fsp3) is 0. The summed E-state index contributed by atoms with van der Waals surface area (Å²) in [5.74, 6) is 0. The molecule has 0 unspecified atom stereocenters. The highest BCUT2D eigenvalue weighted by Gasteiger charge is 2.26. The van der Waals surface area contributed by atoms with E-state index in [4.69, 9.17) is 13.3 Å². The number of benzene rings is 27. The number of fused-ring (bicyclic) bond motifs is 18. The predicted octanol–water partition coefficient (Wildman–Crippen LogP) is 41.1. The van der Waals surface area contributed by atoms with Gasteiger partial charge in [-0.05, 0) is 256 Å². The molecule has 0 amide bonds. The molecule has 0 radical (unpaired) electrons. The zero-order valence-corrected chi connectivity index (χ0v) is 80.2. The highest BCUT2D eigenvalue weighted by atomic mass is 16.3. The van der Waals surface area contributed by atoms with Crippen LogP contribution < -0.4 is 0 Å². The van der Waals surface area contributed by atoms with E-state index in [-0.39, 0.29) is 0 Å². The van der Waals surface area contributed by atoms with Crippen LogP contribution in [0.2, 0.25) is 0 Å². The van der Waals surface area contributed by atoms with Gasteiger partial charge in [-0.3, -0.25) is 0 Å². The van der Waals surface area contributed by atoms with Gasteiger partial charge in [-0.1, -0.05) is 504 Å². The van der Waals surface area contributed by atoms with Gasteiger partial charge in [0, 0.05) is 49.0 Å². The summed E-state index contributed by atoms with van der Waals surface area (Å²) in [7, 11) is 0. The van der Waals surface area contributed by atoms with Crippen LogP contribution in [0.5, 0.6) is 0 Å². The van der Waals surface area contributed by atoms with Crippen molar-refractivity contribution in [3.05, 3.63) is 546 Å². The third kappa shape index (κ3) is 15.0. The maximum absolute atomic E-state index is 6.54. The molecule has 0 spiro atoms. The normalized spacial score (nSPS) is 11.7.